The van der Waals surface area contributed by atoms with Gasteiger partial charge in [0.05, 0.1) is 25.0 Å². The summed E-state index contributed by atoms with van der Waals surface area (Å²) in [5.41, 5.74) is 2.14. The highest BCUT2D eigenvalue weighted by Gasteiger charge is 2.31. The van der Waals surface area contributed by atoms with E-state index in [1.807, 2.05) is 30.7 Å². The molecule has 0 bridgehead atoms. The van der Waals surface area contributed by atoms with Gasteiger partial charge in [0.2, 0.25) is 0 Å². The van der Waals surface area contributed by atoms with Crippen LogP contribution in [-0.2, 0) is 13.0 Å². The summed E-state index contributed by atoms with van der Waals surface area (Å²) in [7, 11) is 0. The molecule has 1 saturated carbocycles. The van der Waals surface area contributed by atoms with Crippen LogP contribution in [0.15, 0.2) is 36.8 Å². The average molecular weight is 272 g/mol. The van der Waals surface area contributed by atoms with Crippen molar-refractivity contribution in [3.8, 4) is 0 Å². The predicted octanol–water partition coefficient (Wildman–Crippen LogP) is 1.70. The molecule has 3 rings (SSSR count). The van der Waals surface area contributed by atoms with Crippen molar-refractivity contribution in [1.29, 1.82) is 0 Å². The van der Waals surface area contributed by atoms with Crippen molar-refractivity contribution < 1.29 is 5.11 Å². The fraction of sp³-hybridized carbons (Fsp3) is 0.467. The van der Waals surface area contributed by atoms with Gasteiger partial charge < -0.3 is 10.4 Å². The van der Waals surface area contributed by atoms with Crippen LogP contribution in [-0.4, -0.2) is 32.5 Å². The van der Waals surface area contributed by atoms with Crippen LogP contribution in [0.3, 0.4) is 0 Å². The first-order valence-corrected chi connectivity index (χ1v) is 7.15. The predicted molar refractivity (Wildman–Crippen MR) is 77.4 cm³/mol. The van der Waals surface area contributed by atoms with Crippen LogP contribution in [0.1, 0.15) is 18.5 Å². The van der Waals surface area contributed by atoms with Gasteiger partial charge >= 0.3 is 0 Å². The third kappa shape index (κ3) is 3.36. The van der Waals surface area contributed by atoms with Crippen molar-refractivity contribution in [2.45, 2.75) is 31.8 Å². The second-order valence-corrected chi connectivity index (χ2v) is 5.33. The lowest BCUT2D eigenvalue weighted by molar-refractivity contribution is 0.269. The van der Waals surface area contributed by atoms with Gasteiger partial charge in [-0.25, -0.2) is 0 Å². The van der Waals surface area contributed by atoms with Gasteiger partial charge in [-0.15, -0.1) is 0 Å². The van der Waals surface area contributed by atoms with E-state index in [0.29, 0.717) is 12.6 Å². The van der Waals surface area contributed by atoms with E-state index in [4.69, 9.17) is 5.11 Å². The fourth-order valence-corrected chi connectivity index (χ4v) is 2.46. The normalized spacial score (nSPS) is 16.1. The van der Waals surface area contributed by atoms with Crippen molar-refractivity contribution in [2.75, 3.05) is 11.9 Å². The number of pyridine rings is 1. The molecule has 106 valence electrons. The Balaban J connectivity index is 1.65. The van der Waals surface area contributed by atoms with E-state index in [-0.39, 0.29) is 6.61 Å². The second-order valence-electron chi connectivity index (χ2n) is 5.33. The Hall–Kier alpha value is -1.88. The van der Waals surface area contributed by atoms with Gasteiger partial charge in [0, 0.05) is 30.6 Å². The molecule has 2 heterocycles. The molecule has 2 aromatic rings. The van der Waals surface area contributed by atoms with Gasteiger partial charge in [-0.3, -0.25) is 9.67 Å². The van der Waals surface area contributed by atoms with Crippen LogP contribution in [0.2, 0.25) is 0 Å². The molecule has 1 atom stereocenters. The zero-order valence-corrected chi connectivity index (χ0v) is 11.4. The van der Waals surface area contributed by atoms with Crippen molar-refractivity contribution >= 4 is 5.69 Å². The SMILES string of the molecule is OCCn1cc(NC(Cc2ccccn2)C2CC2)cn1. The van der Waals surface area contributed by atoms with E-state index in [1.165, 1.54) is 12.8 Å². The first-order valence-electron chi connectivity index (χ1n) is 7.15. The second kappa shape index (κ2) is 6.05. The summed E-state index contributed by atoms with van der Waals surface area (Å²) in [5, 5.41) is 16.7. The van der Waals surface area contributed by atoms with E-state index in [0.717, 1.165) is 23.7 Å². The van der Waals surface area contributed by atoms with Crippen molar-refractivity contribution in [3.05, 3.63) is 42.5 Å². The zero-order chi connectivity index (χ0) is 13.8. The van der Waals surface area contributed by atoms with Crippen molar-refractivity contribution in [1.82, 2.24) is 14.8 Å². The topological polar surface area (TPSA) is 63.0 Å². The summed E-state index contributed by atoms with van der Waals surface area (Å²) >= 11 is 0. The molecule has 2 N–H and O–H groups in total. The molecule has 0 radical (unpaired) electrons. The highest BCUT2D eigenvalue weighted by Crippen LogP contribution is 2.35. The van der Waals surface area contributed by atoms with E-state index < -0.39 is 0 Å². The third-order valence-electron chi connectivity index (χ3n) is 3.66. The van der Waals surface area contributed by atoms with Crippen LogP contribution in [0.4, 0.5) is 5.69 Å². The molecular weight excluding hydrogens is 252 g/mol. The smallest absolute Gasteiger partial charge is 0.0728 e. The largest absolute Gasteiger partial charge is 0.394 e. The van der Waals surface area contributed by atoms with Crippen molar-refractivity contribution in [3.63, 3.8) is 0 Å². The molecule has 5 nitrogen and oxygen atoms in total. The molecule has 5 heteroatoms. The Morgan fingerprint density at radius 1 is 1.40 bits per heavy atom. The Labute approximate surface area is 118 Å². The molecule has 0 amide bonds. The van der Waals surface area contributed by atoms with E-state index in [1.54, 1.807) is 4.68 Å². The number of rotatable bonds is 7. The maximum absolute atomic E-state index is 8.91. The number of nitrogens with one attached hydrogen (secondary N) is 1. The molecule has 20 heavy (non-hydrogen) atoms. The quantitative estimate of drug-likeness (QED) is 0.805. The summed E-state index contributed by atoms with van der Waals surface area (Å²) in [6.07, 6.45) is 9.13. The Morgan fingerprint density at radius 3 is 3.00 bits per heavy atom. The van der Waals surface area contributed by atoms with E-state index >= 15 is 0 Å². The number of anilines is 1. The monoisotopic (exact) mass is 272 g/mol. The molecule has 2 aromatic heterocycles. The lowest BCUT2D eigenvalue weighted by atomic mass is 10.1. The minimum atomic E-state index is 0.112. The molecule has 0 aromatic carbocycles. The molecule has 0 spiro atoms. The standard InChI is InChI=1S/C15H20N4O/c20-8-7-19-11-14(10-17-19)18-15(12-4-5-12)9-13-3-1-2-6-16-13/h1-3,6,10-12,15,18,20H,4-5,7-9H2. The van der Waals surface area contributed by atoms with Gasteiger partial charge in [-0.2, -0.15) is 5.10 Å². The van der Waals surface area contributed by atoms with Gasteiger partial charge in [0.1, 0.15) is 0 Å². The number of aliphatic hydroxyl groups is 1. The van der Waals surface area contributed by atoms with Crippen LogP contribution in [0, 0.1) is 5.92 Å². The highest BCUT2D eigenvalue weighted by molar-refractivity contribution is 5.40. The fourth-order valence-electron chi connectivity index (χ4n) is 2.46. The molecule has 0 saturated heterocycles. The first-order chi connectivity index (χ1) is 9.85. The zero-order valence-electron chi connectivity index (χ0n) is 11.4. The number of aromatic nitrogens is 3. The Kier molecular flexibility index (Phi) is 3.97. The maximum atomic E-state index is 8.91. The van der Waals surface area contributed by atoms with Crippen LogP contribution < -0.4 is 5.32 Å². The number of hydrogen-bond donors (Lipinski definition) is 2. The number of hydrogen-bond acceptors (Lipinski definition) is 4. The molecule has 1 aliphatic rings. The van der Waals surface area contributed by atoms with Gasteiger partial charge in [-0.1, -0.05) is 6.07 Å². The summed E-state index contributed by atoms with van der Waals surface area (Å²) in [5.74, 6) is 0.734. The lowest BCUT2D eigenvalue weighted by Gasteiger charge is -2.17. The minimum absolute atomic E-state index is 0.112. The minimum Gasteiger partial charge on any atom is -0.394 e. The summed E-state index contributed by atoms with van der Waals surface area (Å²) in [6.45, 7) is 0.650. The molecule has 1 aliphatic carbocycles. The summed E-state index contributed by atoms with van der Waals surface area (Å²) in [4.78, 5) is 4.41. The van der Waals surface area contributed by atoms with Gasteiger partial charge in [0.25, 0.3) is 0 Å². The third-order valence-corrected chi connectivity index (χ3v) is 3.66. The highest BCUT2D eigenvalue weighted by atomic mass is 16.3. The maximum Gasteiger partial charge on any atom is 0.0728 e. The number of nitrogens with zero attached hydrogens (tertiary/aromatic N) is 3. The van der Waals surface area contributed by atoms with Gasteiger partial charge in [0.15, 0.2) is 0 Å². The van der Waals surface area contributed by atoms with E-state index in [2.05, 4.69) is 21.5 Å². The summed E-state index contributed by atoms with van der Waals surface area (Å²) < 4.78 is 1.76. The van der Waals surface area contributed by atoms with Gasteiger partial charge in [-0.05, 0) is 30.9 Å². The first kappa shape index (κ1) is 13.1. The Bertz CT molecular complexity index is 536. The Morgan fingerprint density at radius 2 is 2.30 bits per heavy atom. The molecule has 1 unspecified atom stereocenters. The average Bonchev–Trinajstić information content (AvgIpc) is 3.22. The van der Waals surface area contributed by atoms with Crippen LogP contribution in [0.25, 0.3) is 0 Å². The van der Waals surface area contributed by atoms with Crippen molar-refractivity contribution in [2.24, 2.45) is 5.92 Å². The lowest BCUT2D eigenvalue weighted by Crippen LogP contribution is -2.24. The van der Waals surface area contributed by atoms with Crippen LogP contribution in [0.5, 0.6) is 0 Å². The molecular formula is C15H20N4O. The number of aliphatic hydroxyl groups excluding tert-OH is 1. The van der Waals surface area contributed by atoms with Crippen LogP contribution >= 0.6 is 0 Å². The molecule has 0 aliphatic heterocycles. The van der Waals surface area contributed by atoms with E-state index in [9.17, 15) is 0 Å². The summed E-state index contributed by atoms with van der Waals surface area (Å²) in [6, 6.07) is 6.47. The molecule has 1 fully saturated rings.